The van der Waals surface area contributed by atoms with Gasteiger partial charge in [-0.25, -0.2) is 0 Å². The molecule has 2 unspecified atom stereocenters. The zero-order chi connectivity index (χ0) is 20.9. The average Bonchev–Trinajstić information content (AvgIpc) is 3.07. The fraction of sp³-hybridized carbons (Fsp3) is 0.435. The van der Waals surface area contributed by atoms with Crippen molar-refractivity contribution in [2.24, 2.45) is 5.92 Å². The zero-order valence-corrected chi connectivity index (χ0v) is 16.7. The Kier molecular flexibility index (Phi) is 6.72. The molecular formula is C23H26F2O4. The second-order valence-electron chi connectivity index (χ2n) is 7.57. The van der Waals surface area contributed by atoms with Crippen molar-refractivity contribution in [1.29, 1.82) is 0 Å². The molecule has 4 nitrogen and oxygen atoms in total. The molecule has 1 aliphatic rings. The Morgan fingerprint density at radius 3 is 2.48 bits per heavy atom. The lowest BCUT2D eigenvalue weighted by Gasteiger charge is -2.15. The minimum absolute atomic E-state index is 0.0663. The molecule has 0 amide bonds. The summed E-state index contributed by atoms with van der Waals surface area (Å²) < 4.78 is 41.7. The molecule has 1 fully saturated rings. The van der Waals surface area contributed by atoms with Crippen molar-refractivity contribution in [1.82, 2.24) is 0 Å². The van der Waals surface area contributed by atoms with Gasteiger partial charge in [0, 0.05) is 19.8 Å². The molecule has 0 aliphatic heterocycles. The van der Waals surface area contributed by atoms with Gasteiger partial charge in [0.2, 0.25) is 0 Å². The van der Waals surface area contributed by atoms with Gasteiger partial charge < -0.3 is 14.2 Å². The van der Waals surface area contributed by atoms with E-state index in [0.29, 0.717) is 18.9 Å². The fourth-order valence-electron chi connectivity index (χ4n) is 3.72. The highest BCUT2D eigenvalue weighted by Crippen LogP contribution is 2.32. The summed E-state index contributed by atoms with van der Waals surface area (Å²) in [6.07, 6.45) is 0.236. The minimum Gasteiger partial charge on any atom is -0.497 e. The van der Waals surface area contributed by atoms with Crippen molar-refractivity contribution in [2.75, 3.05) is 7.11 Å². The maximum absolute atomic E-state index is 13.0. The van der Waals surface area contributed by atoms with Crippen LogP contribution in [-0.4, -0.2) is 25.1 Å². The number of carbonyl (C=O) groups is 1. The number of ketones is 1. The fourth-order valence-corrected chi connectivity index (χ4v) is 3.72. The monoisotopic (exact) mass is 404 g/mol. The number of hydrogen-bond donors (Lipinski definition) is 0. The predicted octanol–water partition coefficient (Wildman–Crippen LogP) is 5.44. The number of alkyl halides is 2. The van der Waals surface area contributed by atoms with Gasteiger partial charge in [0.15, 0.2) is 0 Å². The molecule has 0 radical (unpaired) electrons. The van der Waals surface area contributed by atoms with E-state index in [0.717, 1.165) is 30.8 Å². The van der Waals surface area contributed by atoms with Crippen molar-refractivity contribution in [3.05, 3.63) is 54.1 Å². The second-order valence-corrected chi connectivity index (χ2v) is 7.57. The largest absolute Gasteiger partial charge is 0.497 e. The van der Waals surface area contributed by atoms with E-state index in [1.165, 1.54) is 12.1 Å². The number of hydrogen-bond acceptors (Lipinski definition) is 4. The van der Waals surface area contributed by atoms with Crippen LogP contribution in [0.25, 0.3) is 0 Å². The van der Waals surface area contributed by atoms with Gasteiger partial charge in [0.05, 0.1) is 13.2 Å². The lowest BCUT2D eigenvalue weighted by atomic mass is 9.97. The SMILES string of the molecule is COc1ccc(OC2CCC(CC(=O)Cc3cccc(OC(C)(F)F)c3)C2)cc1. The van der Waals surface area contributed by atoms with Crippen LogP contribution in [-0.2, 0) is 11.2 Å². The van der Waals surface area contributed by atoms with E-state index in [9.17, 15) is 13.6 Å². The van der Waals surface area contributed by atoms with E-state index < -0.39 is 6.11 Å². The number of carbonyl (C=O) groups excluding carboxylic acids is 1. The summed E-state index contributed by atoms with van der Waals surface area (Å²) in [7, 11) is 1.62. The van der Waals surface area contributed by atoms with E-state index >= 15 is 0 Å². The first-order valence-corrected chi connectivity index (χ1v) is 9.79. The molecule has 0 saturated heterocycles. The van der Waals surface area contributed by atoms with Gasteiger partial charge in [-0.2, -0.15) is 8.78 Å². The van der Waals surface area contributed by atoms with Crippen molar-refractivity contribution in [3.8, 4) is 17.2 Å². The Balaban J connectivity index is 1.47. The van der Waals surface area contributed by atoms with Gasteiger partial charge in [-0.3, -0.25) is 4.79 Å². The van der Waals surface area contributed by atoms with Gasteiger partial charge in [-0.15, -0.1) is 0 Å². The quantitative estimate of drug-likeness (QED) is 0.559. The zero-order valence-electron chi connectivity index (χ0n) is 16.7. The van der Waals surface area contributed by atoms with Crippen molar-refractivity contribution in [3.63, 3.8) is 0 Å². The number of Topliss-reactive ketones (excluding diaryl/α,β-unsaturated/α-hetero) is 1. The topological polar surface area (TPSA) is 44.8 Å². The molecule has 2 aromatic carbocycles. The number of benzene rings is 2. The van der Waals surface area contributed by atoms with Crippen LogP contribution in [0.2, 0.25) is 0 Å². The first-order chi connectivity index (χ1) is 13.8. The molecule has 0 N–H and O–H groups in total. The molecule has 2 atom stereocenters. The van der Waals surface area contributed by atoms with Crippen LogP contribution in [0.3, 0.4) is 0 Å². The van der Waals surface area contributed by atoms with Crippen LogP contribution in [0, 0.1) is 5.92 Å². The highest BCUT2D eigenvalue weighted by Gasteiger charge is 2.28. The lowest BCUT2D eigenvalue weighted by Crippen LogP contribution is -2.19. The van der Waals surface area contributed by atoms with Crippen LogP contribution in [0.4, 0.5) is 8.78 Å². The standard InChI is InChI=1S/C23H26F2O4/c1-23(24,25)29-22-5-3-4-16(15-22)12-18(26)13-17-6-7-21(14-17)28-20-10-8-19(27-2)9-11-20/h3-5,8-11,15,17,21H,6-7,12-14H2,1-2H3. The Morgan fingerprint density at radius 2 is 1.79 bits per heavy atom. The van der Waals surface area contributed by atoms with Crippen molar-refractivity contribution in [2.45, 2.75) is 51.2 Å². The Hall–Kier alpha value is -2.63. The van der Waals surface area contributed by atoms with E-state index in [1.54, 1.807) is 19.2 Å². The van der Waals surface area contributed by atoms with E-state index in [2.05, 4.69) is 4.74 Å². The van der Waals surface area contributed by atoms with E-state index in [4.69, 9.17) is 9.47 Å². The summed E-state index contributed by atoms with van der Waals surface area (Å²) in [5, 5.41) is 0. The molecular weight excluding hydrogens is 378 g/mol. The number of rotatable bonds is 9. The first-order valence-electron chi connectivity index (χ1n) is 9.79. The Bertz CT molecular complexity index is 814. The third kappa shape index (κ3) is 6.73. The first kappa shape index (κ1) is 21.1. The van der Waals surface area contributed by atoms with Crippen LogP contribution < -0.4 is 14.2 Å². The number of halogens is 2. The summed E-state index contributed by atoms with van der Waals surface area (Å²) >= 11 is 0. The Labute approximate surface area is 169 Å². The summed E-state index contributed by atoms with van der Waals surface area (Å²) in [6.45, 7) is 0.690. The van der Waals surface area contributed by atoms with Crippen LogP contribution in [0.1, 0.15) is 38.2 Å². The lowest BCUT2D eigenvalue weighted by molar-refractivity contribution is -0.158. The third-order valence-electron chi connectivity index (χ3n) is 4.97. The van der Waals surface area contributed by atoms with Crippen molar-refractivity contribution >= 4 is 5.78 Å². The van der Waals surface area contributed by atoms with Crippen LogP contribution in [0.5, 0.6) is 17.2 Å². The summed E-state index contributed by atoms with van der Waals surface area (Å²) in [5.41, 5.74) is 0.681. The summed E-state index contributed by atoms with van der Waals surface area (Å²) in [5.74, 6) is 2.03. The highest BCUT2D eigenvalue weighted by atomic mass is 19.3. The summed E-state index contributed by atoms with van der Waals surface area (Å²) in [6, 6.07) is 13.8. The van der Waals surface area contributed by atoms with Gasteiger partial charge in [-0.05, 0) is 67.1 Å². The minimum atomic E-state index is -3.24. The van der Waals surface area contributed by atoms with E-state index in [-0.39, 0.29) is 30.0 Å². The number of ether oxygens (including phenoxy) is 3. The molecule has 0 bridgehead atoms. The summed E-state index contributed by atoms with van der Waals surface area (Å²) in [4.78, 5) is 12.5. The Morgan fingerprint density at radius 1 is 1.07 bits per heavy atom. The molecule has 0 heterocycles. The smallest absolute Gasteiger partial charge is 0.394 e. The van der Waals surface area contributed by atoms with Gasteiger partial charge in [-0.1, -0.05) is 12.1 Å². The molecule has 1 aliphatic carbocycles. The third-order valence-corrected chi connectivity index (χ3v) is 4.97. The predicted molar refractivity (Wildman–Crippen MR) is 106 cm³/mol. The number of methoxy groups -OCH3 is 1. The maximum atomic E-state index is 13.0. The highest BCUT2D eigenvalue weighted by molar-refractivity contribution is 5.81. The van der Waals surface area contributed by atoms with Gasteiger partial charge in [0.1, 0.15) is 23.0 Å². The van der Waals surface area contributed by atoms with Gasteiger partial charge >= 0.3 is 6.11 Å². The average molecular weight is 404 g/mol. The molecule has 1 saturated carbocycles. The molecule has 156 valence electrons. The van der Waals surface area contributed by atoms with E-state index in [1.807, 2.05) is 24.3 Å². The van der Waals surface area contributed by atoms with Crippen LogP contribution >= 0.6 is 0 Å². The molecule has 6 heteroatoms. The molecule has 3 rings (SSSR count). The molecule has 29 heavy (non-hydrogen) atoms. The molecule has 2 aromatic rings. The molecule has 0 aromatic heterocycles. The van der Waals surface area contributed by atoms with Crippen LogP contribution in [0.15, 0.2) is 48.5 Å². The second kappa shape index (κ2) is 9.25. The normalized spacial score (nSPS) is 19.0. The maximum Gasteiger partial charge on any atom is 0.394 e. The van der Waals surface area contributed by atoms with Crippen molar-refractivity contribution < 1.29 is 27.8 Å². The van der Waals surface area contributed by atoms with Gasteiger partial charge in [0.25, 0.3) is 0 Å². The molecule has 0 spiro atoms.